The van der Waals surface area contributed by atoms with Crippen LogP contribution in [0.5, 0.6) is 0 Å². The highest BCUT2D eigenvalue weighted by Crippen LogP contribution is 2.11. The minimum absolute atomic E-state index is 0. The van der Waals surface area contributed by atoms with E-state index in [4.69, 9.17) is 0 Å². The normalized spacial score (nSPS) is 11.5. The number of sulfonamides is 1. The van der Waals surface area contributed by atoms with Crippen LogP contribution in [0.25, 0.3) is 0 Å². The largest absolute Gasteiger partial charge is 0.357 e. The second kappa shape index (κ2) is 11.1. The maximum Gasteiger partial charge on any atom is 0.240 e. The molecule has 2 rings (SSSR count). The lowest BCUT2D eigenvalue weighted by Gasteiger charge is -2.11. The first kappa shape index (κ1) is 22.3. The molecule has 0 radical (unpaired) electrons. The van der Waals surface area contributed by atoms with E-state index in [0.717, 1.165) is 17.8 Å². The number of aliphatic imine (C=N–C) groups is 1. The summed E-state index contributed by atoms with van der Waals surface area (Å²) in [4.78, 5) is 8.99. The maximum absolute atomic E-state index is 11.9. The highest BCUT2D eigenvalue weighted by atomic mass is 127. The van der Waals surface area contributed by atoms with Gasteiger partial charge in [-0.2, -0.15) is 0 Å². The fourth-order valence-electron chi connectivity index (χ4n) is 2.12. The second-order valence-corrected chi connectivity index (χ2v) is 7.11. The van der Waals surface area contributed by atoms with Crippen molar-refractivity contribution < 1.29 is 8.42 Å². The Morgan fingerprint density at radius 1 is 1.15 bits per heavy atom. The first-order valence-corrected chi connectivity index (χ1v) is 9.48. The number of nitrogens with zero attached hydrogens (tertiary/aromatic N) is 2. The van der Waals surface area contributed by atoms with Gasteiger partial charge in [0.15, 0.2) is 5.96 Å². The Bertz CT molecular complexity index is 813. The van der Waals surface area contributed by atoms with Crippen molar-refractivity contribution in [3.05, 3.63) is 59.9 Å². The van der Waals surface area contributed by atoms with Crippen molar-refractivity contribution in [2.24, 2.45) is 4.99 Å². The Labute approximate surface area is 171 Å². The summed E-state index contributed by atoms with van der Waals surface area (Å²) in [7, 11) is -2.06. The predicted molar refractivity (Wildman–Crippen MR) is 114 cm³/mol. The SMILES string of the molecule is CCNC(=NCc1cccc(S(=O)(=O)NC)c1)NCc1ccccn1.I. The van der Waals surface area contributed by atoms with Crippen LogP contribution in [0.2, 0.25) is 0 Å². The average Bonchev–Trinajstić information content (AvgIpc) is 2.65. The number of rotatable bonds is 7. The molecule has 7 nitrogen and oxygen atoms in total. The van der Waals surface area contributed by atoms with Gasteiger partial charge in [0.2, 0.25) is 10.0 Å². The monoisotopic (exact) mass is 489 g/mol. The summed E-state index contributed by atoms with van der Waals surface area (Å²) in [5.74, 6) is 0.648. The van der Waals surface area contributed by atoms with E-state index in [1.807, 2.05) is 31.2 Å². The molecule has 0 aliphatic rings. The fourth-order valence-corrected chi connectivity index (χ4v) is 2.92. The van der Waals surface area contributed by atoms with Crippen molar-refractivity contribution >= 4 is 40.0 Å². The van der Waals surface area contributed by atoms with E-state index in [-0.39, 0.29) is 28.9 Å². The summed E-state index contributed by atoms with van der Waals surface area (Å²) >= 11 is 0. The van der Waals surface area contributed by atoms with Crippen LogP contribution in [0.1, 0.15) is 18.2 Å². The number of halogens is 1. The van der Waals surface area contributed by atoms with E-state index >= 15 is 0 Å². The first-order chi connectivity index (χ1) is 12.0. The lowest BCUT2D eigenvalue weighted by molar-refractivity contribution is 0.588. The van der Waals surface area contributed by atoms with E-state index in [0.29, 0.717) is 19.0 Å². The number of pyridine rings is 1. The van der Waals surface area contributed by atoms with Crippen LogP contribution in [-0.2, 0) is 23.1 Å². The van der Waals surface area contributed by atoms with Gasteiger partial charge in [0.05, 0.1) is 23.7 Å². The van der Waals surface area contributed by atoms with Crippen molar-refractivity contribution in [2.45, 2.75) is 24.9 Å². The molecule has 1 aromatic heterocycles. The molecule has 1 heterocycles. The predicted octanol–water partition coefficient (Wildman–Crippen LogP) is 1.86. The van der Waals surface area contributed by atoms with Gasteiger partial charge in [-0.1, -0.05) is 18.2 Å². The molecule has 0 aliphatic carbocycles. The summed E-state index contributed by atoms with van der Waals surface area (Å²) in [5.41, 5.74) is 1.72. The van der Waals surface area contributed by atoms with Crippen molar-refractivity contribution in [3.63, 3.8) is 0 Å². The molecule has 0 fully saturated rings. The average molecular weight is 489 g/mol. The van der Waals surface area contributed by atoms with Gasteiger partial charge >= 0.3 is 0 Å². The van der Waals surface area contributed by atoms with Gasteiger partial charge in [-0.3, -0.25) is 4.98 Å². The van der Waals surface area contributed by atoms with Crippen LogP contribution in [-0.4, -0.2) is 33.0 Å². The summed E-state index contributed by atoms with van der Waals surface area (Å²) in [6.07, 6.45) is 1.74. The lowest BCUT2D eigenvalue weighted by Crippen LogP contribution is -2.37. The molecule has 0 amide bonds. The standard InChI is InChI=1S/C17H23N5O2S.HI/c1-3-19-17(22-13-15-8-4-5-10-20-15)21-12-14-7-6-9-16(11-14)25(23,24)18-2;/h4-11,18H,3,12-13H2,1-2H3,(H2,19,21,22);1H. The quantitative estimate of drug-likeness (QED) is 0.314. The summed E-state index contributed by atoms with van der Waals surface area (Å²) in [6, 6.07) is 12.5. The molecule has 0 aliphatic heterocycles. The third kappa shape index (κ3) is 6.89. The van der Waals surface area contributed by atoms with Crippen LogP contribution in [0, 0.1) is 0 Å². The number of nitrogens with one attached hydrogen (secondary N) is 3. The zero-order chi connectivity index (χ0) is 18.1. The molecule has 0 saturated carbocycles. The van der Waals surface area contributed by atoms with Gasteiger partial charge in [0.1, 0.15) is 0 Å². The van der Waals surface area contributed by atoms with Crippen LogP contribution in [0.4, 0.5) is 0 Å². The van der Waals surface area contributed by atoms with Crippen molar-refractivity contribution in [2.75, 3.05) is 13.6 Å². The first-order valence-electron chi connectivity index (χ1n) is 7.99. The minimum atomic E-state index is -3.45. The second-order valence-electron chi connectivity index (χ2n) is 5.22. The van der Waals surface area contributed by atoms with Crippen LogP contribution in [0.15, 0.2) is 58.5 Å². The highest BCUT2D eigenvalue weighted by Gasteiger charge is 2.11. The van der Waals surface area contributed by atoms with Gasteiger partial charge in [-0.15, -0.1) is 24.0 Å². The number of aromatic nitrogens is 1. The number of guanidine groups is 1. The molecule has 9 heteroatoms. The van der Waals surface area contributed by atoms with Gasteiger partial charge in [-0.05, 0) is 43.8 Å². The van der Waals surface area contributed by atoms with Crippen LogP contribution < -0.4 is 15.4 Å². The topological polar surface area (TPSA) is 95.5 Å². The zero-order valence-corrected chi connectivity index (χ0v) is 17.9. The molecule has 3 N–H and O–H groups in total. The lowest BCUT2D eigenvalue weighted by atomic mass is 10.2. The maximum atomic E-state index is 11.9. The molecule has 0 bridgehead atoms. The molecular formula is C17H24IN5O2S. The summed E-state index contributed by atoms with van der Waals surface area (Å²) < 4.78 is 26.1. The molecule has 142 valence electrons. The third-order valence-corrected chi connectivity index (χ3v) is 4.82. The van der Waals surface area contributed by atoms with Gasteiger partial charge in [-0.25, -0.2) is 18.1 Å². The highest BCUT2D eigenvalue weighted by molar-refractivity contribution is 14.0. The number of hydrogen-bond donors (Lipinski definition) is 3. The molecule has 2 aromatic rings. The Hall–Kier alpha value is -1.72. The molecule has 0 unspecified atom stereocenters. The van der Waals surface area contributed by atoms with E-state index < -0.39 is 10.0 Å². The van der Waals surface area contributed by atoms with E-state index in [1.54, 1.807) is 24.4 Å². The molecular weight excluding hydrogens is 465 g/mol. The van der Waals surface area contributed by atoms with E-state index in [1.165, 1.54) is 7.05 Å². The number of hydrogen-bond acceptors (Lipinski definition) is 4. The van der Waals surface area contributed by atoms with Crippen LogP contribution >= 0.6 is 24.0 Å². The third-order valence-electron chi connectivity index (χ3n) is 3.40. The molecule has 26 heavy (non-hydrogen) atoms. The fraction of sp³-hybridized carbons (Fsp3) is 0.294. The number of benzene rings is 1. The Morgan fingerprint density at radius 3 is 2.62 bits per heavy atom. The molecule has 0 atom stereocenters. The van der Waals surface area contributed by atoms with Gasteiger partial charge in [0, 0.05) is 12.7 Å². The Kier molecular flexibility index (Phi) is 9.52. The molecule has 0 spiro atoms. The van der Waals surface area contributed by atoms with E-state index in [9.17, 15) is 8.42 Å². The minimum Gasteiger partial charge on any atom is -0.357 e. The van der Waals surface area contributed by atoms with Gasteiger partial charge in [0.25, 0.3) is 0 Å². The molecule has 0 saturated heterocycles. The summed E-state index contributed by atoms with van der Waals surface area (Å²) in [6.45, 7) is 3.63. The van der Waals surface area contributed by atoms with Gasteiger partial charge < -0.3 is 10.6 Å². The van der Waals surface area contributed by atoms with Crippen LogP contribution in [0.3, 0.4) is 0 Å². The van der Waals surface area contributed by atoms with Crippen molar-refractivity contribution in [1.82, 2.24) is 20.3 Å². The Morgan fingerprint density at radius 2 is 1.96 bits per heavy atom. The zero-order valence-electron chi connectivity index (χ0n) is 14.8. The van der Waals surface area contributed by atoms with Crippen molar-refractivity contribution in [3.8, 4) is 0 Å². The summed E-state index contributed by atoms with van der Waals surface area (Å²) in [5, 5.41) is 6.37. The molecule has 1 aromatic carbocycles. The smallest absolute Gasteiger partial charge is 0.240 e. The van der Waals surface area contributed by atoms with Crippen molar-refractivity contribution in [1.29, 1.82) is 0 Å². The van der Waals surface area contributed by atoms with E-state index in [2.05, 4.69) is 25.3 Å². The Balaban J connectivity index is 0.00000338.